The van der Waals surface area contributed by atoms with E-state index < -0.39 is 10.0 Å². The van der Waals surface area contributed by atoms with Gasteiger partial charge in [-0.15, -0.1) is 0 Å². The van der Waals surface area contributed by atoms with E-state index in [0.717, 1.165) is 46.3 Å². The maximum Gasteiger partial charge on any atom is 0.268 e. The van der Waals surface area contributed by atoms with E-state index in [0.29, 0.717) is 4.90 Å². The molecule has 0 atom stereocenters. The van der Waals surface area contributed by atoms with Crippen molar-refractivity contribution in [3.63, 3.8) is 0 Å². The Hall–Kier alpha value is -2.31. The van der Waals surface area contributed by atoms with Gasteiger partial charge in [-0.1, -0.05) is 18.2 Å². The van der Waals surface area contributed by atoms with Crippen LogP contribution in [0, 0.1) is 0 Å². The Kier molecular flexibility index (Phi) is 3.63. The van der Waals surface area contributed by atoms with Gasteiger partial charge in [0.2, 0.25) is 0 Å². The van der Waals surface area contributed by atoms with Crippen LogP contribution in [-0.2, 0) is 16.4 Å². The van der Waals surface area contributed by atoms with Crippen molar-refractivity contribution in [3.8, 4) is 16.9 Å². The van der Waals surface area contributed by atoms with Gasteiger partial charge in [0.15, 0.2) is 0 Å². The first-order valence-corrected chi connectivity index (χ1v) is 9.59. The van der Waals surface area contributed by atoms with E-state index in [1.54, 1.807) is 25.4 Å². The lowest BCUT2D eigenvalue weighted by atomic mass is 10.00. The van der Waals surface area contributed by atoms with Crippen molar-refractivity contribution in [1.29, 1.82) is 0 Å². The van der Waals surface area contributed by atoms with Crippen LogP contribution in [0.1, 0.15) is 5.56 Å². The molecule has 1 aliphatic rings. The number of ether oxygens (including phenoxy) is 1. The van der Waals surface area contributed by atoms with E-state index in [1.165, 1.54) is 3.97 Å². The highest BCUT2D eigenvalue weighted by Crippen LogP contribution is 2.43. The zero-order valence-electron chi connectivity index (χ0n) is 14.5. The number of aromatic nitrogens is 1. The molecule has 0 aliphatic carbocycles. The van der Waals surface area contributed by atoms with Gasteiger partial charge in [-0.25, -0.2) is 12.4 Å². The Morgan fingerprint density at radius 3 is 2.60 bits per heavy atom. The molecule has 130 valence electrons. The molecule has 0 amide bonds. The third kappa shape index (κ3) is 2.36. The predicted octanol–water partition coefficient (Wildman–Crippen LogP) is 2.97. The van der Waals surface area contributed by atoms with Gasteiger partial charge in [-0.2, -0.15) is 0 Å². The topological polar surface area (TPSA) is 51.5 Å². The molecule has 0 unspecified atom stereocenters. The summed E-state index contributed by atoms with van der Waals surface area (Å²) in [6.45, 7) is 0.846. The maximum absolute atomic E-state index is 13.1. The summed E-state index contributed by atoms with van der Waals surface area (Å²) in [5.74, 6) is 0.737. The highest BCUT2D eigenvalue weighted by Gasteiger charge is 2.31. The van der Waals surface area contributed by atoms with Gasteiger partial charge < -0.3 is 9.64 Å². The monoisotopic (exact) mass is 356 g/mol. The van der Waals surface area contributed by atoms with Crippen LogP contribution in [0.5, 0.6) is 5.75 Å². The summed E-state index contributed by atoms with van der Waals surface area (Å²) in [6, 6.07) is 11.0. The molecule has 1 aromatic heterocycles. The molecule has 6 heteroatoms. The average Bonchev–Trinajstić information content (AvgIpc) is 2.98. The normalized spacial score (nSPS) is 14.7. The van der Waals surface area contributed by atoms with Gasteiger partial charge >= 0.3 is 0 Å². The number of hydrogen-bond acceptors (Lipinski definition) is 4. The number of hydrogen-bond donors (Lipinski definition) is 0. The minimum atomic E-state index is -3.58. The van der Waals surface area contributed by atoms with Gasteiger partial charge in [0, 0.05) is 29.3 Å². The van der Waals surface area contributed by atoms with E-state index in [4.69, 9.17) is 4.74 Å². The van der Waals surface area contributed by atoms with Gasteiger partial charge in [0.25, 0.3) is 10.0 Å². The molecular formula is C19H20N2O3S. The first kappa shape index (κ1) is 16.2. The van der Waals surface area contributed by atoms with E-state index in [9.17, 15) is 8.42 Å². The van der Waals surface area contributed by atoms with E-state index in [2.05, 4.69) is 4.90 Å². The molecular weight excluding hydrogens is 336 g/mol. The molecule has 0 N–H and O–H groups in total. The lowest BCUT2D eigenvalue weighted by molar-refractivity contribution is 0.413. The standard InChI is InChI=1S/C19H20N2O3S/c1-20(2)9-8-13-12-21-19-16(13)10-14(24-3)11-17(19)15-6-4-5-7-18(15)25(21,22)23/h4-7,10-12H,8-9H2,1-3H3. The Balaban J connectivity index is 2.08. The molecule has 0 radical (unpaired) electrons. The lowest BCUT2D eigenvalue weighted by Gasteiger charge is -2.20. The van der Waals surface area contributed by atoms with Crippen LogP contribution in [0.4, 0.5) is 0 Å². The fourth-order valence-electron chi connectivity index (χ4n) is 3.44. The minimum Gasteiger partial charge on any atom is -0.497 e. The molecule has 3 aromatic rings. The number of benzene rings is 2. The number of fused-ring (bicyclic) bond motifs is 2. The highest BCUT2D eigenvalue weighted by molar-refractivity contribution is 7.90. The Morgan fingerprint density at radius 2 is 1.88 bits per heavy atom. The summed E-state index contributed by atoms with van der Waals surface area (Å²) in [5.41, 5.74) is 3.39. The van der Waals surface area contributed by atoms with Crippen molar-refractivity contribution >= 4 is 20.9 Å². The van der Waals surface area contributed by atoms with E-state index in [-0.39, 0.29) is 0 Å². The summed E-state index contributed by atoms with van der Waals surface area (Å²) in [5, 5.41) is 0.939. The molecule has 2 aromatic carbocycles. The molecule has 0 spiro atoms. The molecule has 0 fully saturated rings. The van der Waals surface area contributed by atoms with E-state index in [1.807, 2.05) is 38.4 Å². The zero-order valence-corrected chi connectivity index (χ0v) is 15.3. The van der Waals surface area contributed by atoms with Crippen LogP contribution in [0.15, 0.2) is 47.5 Å². The molecule has 2 heterocycles. The number of rotatable bonds is 4. The van der Waals surface area contributed by atoms with Crippen LogP contribution in [0.2, 0.25) is 0 Å². The molecule has 0 saturated carbocycles. The summed E-state index contributed by atoms with van der Waals surface area (Å²) in [7, 11) is 2.07. The highest BCUT2D eigenvalue weighted by atomic mass is 32.2. The number of likely N-dealkylation sites (N-methyl/N-ethyl adjacent to an activating group) is 1. The predicted molar refractivity (Wildman–Crippen MR) is 98.8 cm³/mol. The van der Waals surface area contributed by atoms with Crippen LogP contribution < -0.4 is 4.74 Å². The molecule has 0 bridgehead atoms. The molecule has 1 aliphatic heterocycles. The quantitative estimate of drug-likeness (QED) is 0.564. The SMILES string of the molecule is COc1cc2c3c(c1)c(CCN(C)C)cn3S(=O)(=O)c1ccccc1-2. The second kappa shape index (κ2) is 5.61. The fraction of sp³-hybridized carbons (Fsp3) is 0.263. The number of nitrogens with zero attached hydrogens (tertiary/aromatic N) is 2. The van der Waals surface area contributed by atoms with Crippen molar-refractivity contribution in [2.75, 3.05) is 27.7 Å². The maximum atomic E-state index is 13.1. The number of methoxy groups -OCH3 is 1. The molecule has 25 heavy (non-hydrogen) atoms. The van der Waals surface area contributed by atoms with E-state index >= 15 is 0 Å². The third-order valence-electron chi connectivity index (χ3n) is 4.70. The van der Waals surface area contributed by atoms with Crippen LogP contribution in [-0.4, -0.2) is 45.0 Å². The van der Waals surface area contributed by atoms with Crippen molar-refractivity contribution in [1.82, 2.24) is 8.87 Å². The molecule has 0 saturated heterocycles. The summed E-state index contributed by atoms with van der Waals surface area (Å²) >= 11 is 0. The molecule has 5 nitrogen and oxygen atoms in total. The van der Waals surface area contributed by atoms with Crippen molar-refractivity contribution < 1.29 is 13.2 Å². The third-order valence-corrected chi connectivity index (χ3v) is 6.42. The Morgan fingerprint density at radius 1 is 1.12 bits per heavy atom. The first-order chi connectivity index (χ1) is 11.9. The van der Waals surface area contributed by atoms with Crippen LogP contribution in [0.3, 0.4) is 0 Å². The van der Waals surface area contributed by atoms with Crippen LogP contribution >= 0.6 is 0 Å². The summed E-state index contributed by atoms with van der Waals surface area (Å²) in [6.07, 6.45) is 2.54. The van der Waals surface area contributed by atoms with Crippen molar-refractivity contribution in [2.24, 2.45) is 0 Å². The van der Waals surface area contributed by atoms with Gasteiger partial charge in [-0.05, 0) is 44.3 Å². The summed E-state index contributed by atoms with van der Waals surface area (Å²) < 4.78 is 33.1. The second-order valence-corrected chi connectivity index (χ2v) is 8.36. The van der Waals surface area contributed by atoms with Gasteiger partial charge in [0.1, 0.15) is 5.75 Å². The fourth-order valence-corrected chi connectivity index (χ4v) is 5.06. The minimum absolute atomic E-state index is 0.340. The average molecular weight is 356 g/mol. The molecule has 4 rings (SSSR count). The largest absolute Gasteiger partial charge is 0.497 e. The van der Waals surface area contributed by atoms with Gasteiger partial charge in [0.05, 0.1) is 17.5 Å². The summed E-state index contributed by atoms with van der Waals surface area (Å²) in [4.78, 5) is 2.43. The Bertz CT molecular complexity index is 1080. The smallest absolute Gasteiger partial charge is 0.268 e. The Labute approximate surface area is 147 Å². The van der Waals surface area contributed by atoms with Crippen molar-refractivity contribution in [3.05, 3.63) is 48.2 Å². The first-order valence-electron chi connectivity index (χ1n) is 8.15. The van der Waals surface area contributed by atoms with Gasteiger partial charge in [-0.3, -0.25) is 0 Å². The van der Waals surface area contributed by atoms with Crippen LogP contribution in [0.25, 0.3) is 22.0 Å². The lowest BCUT2D eigenvalue weighted by Crippen LogP contribution is -2.17. The second-order valence-electron chi connectivity index (χ2n) is 6.58. The van der Waals surface area contributed by atoms with Crippen molar-refractivity contribution in [2.45, 2.75) is 11.3 Å². The zero-order chi connectivity index (χ0) is 17.8.